The quantitative estimate of drug-likeness (QED) is 0.339. The average Bonchev–Trinajstić information content (AvgIpc) is 2.60. The maximum Gasteiger partial charge on any atom is 0.121 e. The predicted molar refractivity (Wildman–Crippen MR) is 116 cm³/mol. The number of hydrogen-bond acceptors (Lipinski definition) is 4. The fourth-order valence-corrected chi connectivity index (χ4v) is 5.73. The molecule has 5 heteroatoms. The van der Waals surface area contributed by atoms with E-state index in [2.05, 4.69) is 42.7 Å². The van der Waals surface area contributed by atoms with E-state index in [0.29, 0.717) is 5.41 Å². The van der Waals surface area contributed by atoms with Gasteiger partial charge in [0.2, 0.25) is 0 Å². The predicted octanol–water partition coefficient (Wildman–Crippen LogP) is 6.49. The van der Waals surface area contributed by atoms with Crippen molar-refractivity contribution < 1.29 is 0 Å². The molecule has 1 unspecified atom stereocenters. The van der Waals surface area contributed by atoms with Gasteiger partial charge in [-0.1, -0.05) is 37.2 Å². The van der Waals surface area contributed by atoms with Crippen LogP contribution in [-0.4, -0.2) is 22.5 Å². The Labute approximate surface area is 166 Å². The zero-order valence-corrected chi connectivity index (χ0v) is 18.3. The van der Waals surface area contributed by atoms with Crippen molar-refractivity contribution in [3.05, 3.63) is 22.9 Å². The van der Waals surface area contributed by atoms with E-state index in [0.717, 1.165) is 40.2 Å². The highest BCUT2D eigenvalue weighted by Crippen LogP contribution is 2.59. The van der Waals surface area contributed by atoms with Crippen LogP contribution in [0.2, 0.25) is 0 Å². The van der Waals surface area contributed by atoms with Crippen LogP contribution in [0, 0.1) is 18.3 Å². The first kappa shape index (κ1) is 19.2. The average molecular weight is 393 g/mol. The zero-order chi connectivity index (χ0) is 18.2. The van der Waals surface area contributed by atoms with Gasteiger partial charge in [-0.2, -0.15) is 0 Å². The monoisotopic (exact) mass is 392 g/mol. The van der Waals surface area contributed by atoms with E-state index < -0.39 is 0 Å². The van der Waals surface area contributed by atoms with Crippen molar-refractivity contribution in [2.45, 2.75) is 62.8 Å². The van der Waals surface area contributed by atoms with Gasteiger partial charge < -0.3 is 5.32 Å². The number of aromatic nitrogens is 1. The molecule has 0 aliphatic heterocycles. The van der Waals surface area contributed by atoms with Gasteiger partial charge in [-0.25, -0.2) is 4.98 Å². The lowest BCUT2D eigenvalue weighted by Crippen LogP contribution is -2.41. The van der Waals surface area contributed by atoms with Gasteiger partial charge in [0, 0.05) is 17.0 Å². The number of nitrogens with zero attached hydrogens (tertiary/aromatic N) is 1. The Morgan fingerprint density at radius 3 is 2.72 bits per heavy atom. The van der Waals surface area contributed by atoms with Crippen molar-refractivity contribution >= 4 is 46.4 Å². The minimum atomic E-state index is 0.446. The molecule has 1 aromatic rings. The lowest BCUT2D eigenvalue weighted by atomic mass is 9.52. The molecule has 136 valence electrons. The van der Waals surface area contributed by atoms with Crippen molar-refractivity contribution in [3.8, 4) is 0 Å². The summed E-state index contributed by atoms with van der Waals surface area (Å²) >= 11 is 9.11. The molecule has 2 bridgehead atoms. The summed E-state index contributed by atoms with van der Waals surface area (Å²) in [5.41, 5.74) is 5.98. The normalized spacial score (nSPS) is 21.1. The smallest absolute Gasteiger partial charge is 0.121 e. The minimum Gasteiger partial charge on any atom is -0.347 e. The number of rotatable bonds is 6. The molecule has 25 heavy (non-hydrogen) atoms. The van der Waals surface area contributed by atoms with Crippen LogP contribution >= 0.6 is 35.7 Å². The molecule has 0 radical (unpaired) electrons. The fraction of sp³-hybridized carbons (Fsp3) is 0.600. The molecule has 1 heterocycles. The van der Waals surface area contributed by atoms with Gasteiger partial charge in [0.25, 0.3) is 0 Å². The van der Waals surface area contributed by atoms with Crippen LogP contribution < -0.4 is 5.32 Å². The summed E-state index contributed by atoms with van der Waals surface area (Å²) in [6.07, 6.45) is 10.2. The summed E-state index contributed by atoms with van der Waals surface area (Å²) in [5.74, 6) is 0.920. The Bertz CT molecular complexity index is 697. The molecule has 0 spiro atoms. The molecule has 1 fully saturated rings. The van der Waals surface area contributed by atoms with Crippen LogP contribution in [0.4, 0.5) is 5.69 Å². The molecule has 1 saturated carbocycles. The number of thiocarbonyl (C=S) groups is 1. The maximum absolute atomic E-state index is 5.68. The molecule has 2 nitrogen and oxygen atoms in total. The van der Waals surface area contributed by atoms with Gasteiger partial charge in [-0.3, -0.25) is 0 Å². The number of anilines is 1. The first-order valence-corrected chi connectivity index (χ1v) is 11.8. The maximum atomic E-state index is 5.68. The van der Waals surface area contributed by atoms with Gasteiger partial charge in [-0.15, -0.1) is 23.5 Å². The largest absolute Gasteiger partial charge is 0.347 e. The van der Waals surface area contributed by atoms with E-state index in [4.69, 9.17) is 12.2 Å². The molecule has 0 amide bonds. The highest BCUT2D eigenvalue weighted by molar-refractivity contribution is 7.99. The summed E-state index contributed by atoms with van der Waals surface area (Å²) in [6, 6.07) is 2.14. The number of pyridine rings is 1. The second-order valence-corrected chi connectivity index (χ2v) is 9.78. The summed E-state index contributed by atoms with van der Waals surface area (Å²) < 4.78 is 0. The second-order valence-electron chi connectivity index (χ2n) is 7.64. The third-order valence-electron chi connectivity index (χ3n) is 5.88. The standard InChI is InChI=1S/C20H28N2S3/c1-12-10-16(24-4)18(19(21-12)25-5)22-17(23)9-7-13-6-8-14-11-15(13)20(14,2)3/h10,14H,6-9,11H2,1-5H3,(H,22,23). The number of hydrogen-bond donors (Lipinski definition) is 1. The van der Waals surface area contributed by atoms with Crippen molar-refractivity contribution in [2.75, 3.05) is 17.8 Å². The Kier molecular flexibility index (Phi) is 5.86. The molecule has 0 aromatic carbocycles. The van der Waals surface area contributed by atoms with Crippen LogP contribution in [0.1, 0.15) is 51.6 Å². The summed E-state index contributed by atoms with van der Waals surface area (Å²) in [4.78, 5) is 6.82. The van der Waals surface area contributed by atoms with Crippen molar-refractivity contribution in [2.24, 2.45) is 11.3 Å². The molecular formula is C20H28N2S3. The number of fused-ring (bicyclic) bond motifs is 2. The third kappa shape index (κ3) is 3.79. The van der Waals surface area contributed by atoms with Crippen LogP contribution in [0.25, 0.3) is 0 Å². The minimum absolute atomic E-state index is 0.446. The van der Waals surface area contributed by atoms with E-state index in [1.54, 1.807) is 34.7 Å². The summed E-state index contributed by atoms with van der Waals surface area (Å²) in [6.45, 7) is 6.88. The van der Waals surface area contributed by atoms with Crippen molar-refractivity contribution in [1.82, 2.24) is 4.98 Å². The van der Waals surface area contributed by atoms with Crippen LogP contribution in [0.15, 0.2) is 27.1 Å². The van der Waals surface area contributed by atoms with E-state index in [-0.39, 0.29) is 0 Å². The fourth-order valence-electron chi connectivity index (χ4n) is 4.22. The van der Waals surface area contributed by atoms with Crippen LogP contribution in [0.5, 0.6) is 0 Å². The number of aryl methyl sites for hydroxylation is 1. The Morgan fingerprint density at radius 1 is 1.36 bits per heavy atom. The van der Waals surface area contributed by atoms with E-state index in [1.807, 2.05) is 6.92 Å². The highest BCUT2D eigenvalue weighted by Gasteiger charge is 2.46. The van der Waals surface area contributed by atoms with Gasteiger partial charge in [-0.05, 0) is 62.5 Å². The van der Waals surface area contributed by atoms with Crippen LogP contribution in [0.3, 0.4) is 0 Å². The van der Waals surface area contributed by atoms with E-state index in [1.165, 1.54) is 24.2 Å². The Hall–Kier alpha value is -0.520. The van der Waals surface area contributed by atoms with E-state index >= 15 is 0 Å². The summed E-state index contributed by atoms with van der Waals surface area (Å²) in [5, 5.41) is 4.54. The number of allylic oxidation sites excluding steroid dienone is 2. The zero-order valence-electron chi connectivity index (χ0n) is 15.9. The number of thioether (sulfide) groups is 2. The molecule has 1 aromatic heterocycles. The third-order valence-corrected chi connectivity index (χ3v) is 7.63. The van der Waals surface area contributed by atoms with Crippen LogP contribution in [-0.2, 0) is 0 Å². The van der Waals surface area contributed by atoms with E-state index in [9.17, 15) is 0 Å². The Balaban J connectivity index is 1.68. The Morgan fingerprint density at radius 2 is 2.12 bits per heavy atom. The molecule has 1 atom stereocenters. The highest BCUT2D eigenvalue weighted by atomic mass is 32.2. The molecule has 1 N–H and O–H groups in total. The second kappa shape index (κ2) is 7.61. The summed E-state index contributed by atoms with van der Waals surface area (Å²) in [7, 11) is 0. The lowest BCUT2D eigenvalue weighted by Gasteiger charge is -2.53. The molecule has 0 saturated heterocycles. The first-order valence-electron chi connectivity index (χ1n) is 8.97. The molecule has 3 aliphatic rings. The SMILES string of the molecule is CSc1cc(C)nc(SC)c1NC(=S)CCC1=C2CC(CC1)C2(C)C. The van der Waals surface area contributed by atoms with Gasteiger partial charge >= 0.3 is 0 Å². The number of nitrogens with one attached hydrogen (secondary N) is 1. The van der Waals surface area contributed by atoms with Crippen molar-refractivity contribution in [1.29, 1.82) is 0 Å². The molecule has 3 aliphatic carbocycles. The van der Waals surface area contributed by atoms with Gasteiger partial charge in [0.1, 0.15) is 5.03 Å². The lowest BCUT2D eigenvalue weighted by molar-refractivity contribution is 0.131. The molecular weight excluding hydrogens is 364 g/mol. The van der Waals surface area contributed by atoms with Gasteiger partial charge in [0.15, 0.2) is 0 Å². The van der Waals surface area contributed by atoms with Crippen molar-refractivity contribution in [3.63, 3.8) is 0 Å². The first-order chi connectivity index (χ1) is 11.9. The topological polar surface area (TPSA) is 24.9 Å². The molecule has 4 rings (SSSR count). The van der Waals surface area contributed by atoms with Gasteiger partial charge in [0.05, 0.1) is 10.7 Å².